The number of hydrogen-bond donors (Lipinski definition) is 0. The second kappa shape index (κ2) is 7.00. The Kier molecular flexibility index (Phi) is 4.68. The summed E-state index contributed by atoms with van der Waals surface area (Å²) in [5.41, 5.74) is 0.917. The Morgan fingerprint density at radius 1 is 1.15 bits per heavy atom. The van der Waals surface area contributed by atoms with E-state index < -0.39 is 23.2 Å². The highest BCUT2D eigenvalue weighted by Gasteiger charge is 2.22. The summed E-state index contributed by atoms with van der Waals surface area (Å²) in [5.74, 6) is -3.12. The van der Waals surface area contributed by atoms with Crippen molar-refractivity contribution in [3.8, 4) is 11.5 Å². The maximum absolute atomic E-state index is 13.8. The van der Waals surface area contributed by atoms with Crippen molar-refractivity contribution >= 4 is 21.4 Å². The fourth-order valence-corrected chi connectivity index (χ4v) is 4.89. The van der Waals surface area contributed by atoms with Gasteiger partial charge in [0.1, 0.15) is 11.6 Å². The lowest BCUT2D eigenvalue weighted by Crippen LogP contribution is -2.20. The van der Waals surface area contributed by atoms with Crippen LogP contribution in [0.15, 0.2) is 35.1 Å². The molecule has 0 amide bonds. The van der Waals surface area contributed by atoms with E-state index in [1.165, 1.54) is 17.4 Å². The van der Waals surface area contributed by atoms with Gasteiger partial charge in [0.15, 0.2) is 22.8 Å². The molecule has 2 aromatic carbocycles. The van der Waals surface area contributed by atoms with E-state index in [1.807, 2.05) is 0 Å². The fourth-order valence-electron chi connectivity index (χ4n) is 3.54. The first kappa shape index (κ1) is 18.0. The van der Waals surface area contributed by atoms with Crippen molar-refractivity contribution in [3.05, 3.63) is 68.4 Å². The number of fused-ring (bicyclic) bond motifs is 2. The molecule has 4 rings (SSSR count). The van der Waals surface area contributed by atoms with Crippen LogP contribution in [0, 0.1) is 23.4 Å². The van der Waals surface area contributed by atoms with E-state index >= 15 is 0 Å². The van der Waals surface area contributed by atoms with Crippen LogP contribution in [0.2, 0.25) is 0 Å². The van der Waals surface area contributed by atoms with Crippen LogP contribution in [0.25, 0.3) is 10.1 Å². The molecule has 1 aromatic heterocycles. The largest absolute Gasteiger partial charge is 0.451 e. The molecule has 27 heavy (non-hydrogen) atoms. The summed E-state index contributed by atoms with van der Waals surface area (Å²) in [6, 6.07) is 5.87. The van der Waals surface area contributed by atoms with Crippen LogP contribution in [0.4, 0.5) is 13.2 Å². The van der Waals surface area contributed by atoms with Crippen molar-refractivity contribution in [1.29, 1.82) is 0 Å². The van der Waals surface area contributed by atoms with E-state index in [0.717, 1.165) is 40.8 Å². The molecular formula is C21H17F3O2S. The standard InChI is InChI=1S/C21H17F3O2S/c1-2-11-3-5-14-18(7-11)27-19-10-13(4-6-15(19)20(14)25)26-21-16(23)8-12(22)9-17(21)24/h4,6,8-11H,2-3,5,7H2,1H3. The Hall–Kier alpha value is -2.34. The maximum atomic E-state index is 13.8. The molecule has 140 valence electrons. The molecule has 6 heteroatoms. The van der Waals surface area contributed by atoms with Crippen LogP contribution in [0.3, 0.4) is 0 Å². The van der Waals surface area contributed by atoms with Crippen molar-refractivity contribution in [2.45, 2.75) is 32.6 Å². The number of ether oxygens (including phenoxy) is 1. The average molecular weight is 390 g/mol. The van der Waals surface area contributed by atoms with Crippen LogP contribution in [-0.2, 0) is 12.8 Å². The third-order valence-corrected chi connectivity index (χ3v) is 6.30. The summed E-state index contributed by atoms with van der Waals surface area (Å²) in [4.78, 5) is 13.9. The van der Waals surface area contributed by atoms with Gasteiger partial charge in [-0.2, -0.15) is 0 Å². The van der Waals surface area contributed by atoms with Crippen molar-refractivity contribution < 1.29 is 17.9 Å². The van der Waals surface area contributed by atoms with E-state index in [9.17, 15) is 18.0 Å². The van der Waals surface area contributed by atoms with Gasteiger partial charge >= 0.3 is 0 Å². The molecule has 0 bridgehead atoms. The van der Waals surface area contributed by atoms with Crippen molar-refractivity contribution in [2.75, 3.05) is 0 Å². The Morgan fingerprint density at radius 2 is 1.89 bits per heavy atom. The molecule has 0 fully saturated rings. The van der Waals surface area contributed by atoms with Crippen LogP contribution in [0.5, 0.6) is 11.5 Å². The van der Waals surface area contributed by atoms with E-state index in [-0.39, 0.29) is 11.2 Å². The van der Waals surface area contributed by atoms with E-state index in [4.69, 9.17) is 4.74 Å². The first-order valence-corrected chi connectivity index (χ1v) is 9.69. The summed E-state index contributed by atoms with van der Waals surface area (Å²) in [6.45, 7) is 2.15. The van der Waals surface area contributed by atoms with E-state index in [1.54, 1.807) is 12.1 Å². The molecule has 0 saturated heterocycles. The van der Waals surface area contributed by atoms with Gasteiger partial charge in [-0.25, -0.2) is 13.2 Å². The Labute approximate surface area is 158 Å². The zero-order chi connectivity index (χ0) is 19.1. The second-order valence-electron chi connectivity index (χ2n) is 6.81. The molecule has 0 aliphatic heterocycles. The molecule has 0 N–H and O–H groups in total. The summed E-state index contributed by atoms with van der Waals surface area (Å²) in [5, 5.41) is 0.584. The zero-order valence-electron chi connectivity index (χ0n) is 14.7. The lowest BCUT2D eigenvalue weighted by molar-refractivity contribution is 0.401. The normalized spacial score (nSPS) is 16.4. The topological polar surface area (TPSA) is 26.3 Å². The Morgan fingerprint density at radius 3 is 2.59 bits per heavy atom. The first-order chi connectivity index (χ1) is 13.0. The van der Waals surface area contributed by atoms with Crippen molar-refractivity contribution in [1.82, 2.24) is 0 Å². The van der Waals surface area contributed by atoms with Gasteiger partial charge < -0.3 is 4.74 Å². The van der Waals surface area contributed by atoms with Gasteiger partial charge in [0.05, 0.1) is 0 Å². The third-order valence-electron chi connectivity index (χ3n) is 5.08. The number of rotatable bonds is 3. The lowest BCUT2D eigenvalue weighted by Gasteiger charge is -2.22. The van der Waals surface area contributed by atoms with Crippen LogP contribution >= 0.6 is 11.3 Å². The minimum Gasteiger partial charge on any atom is -0.451 e. The number of hydrogen-bond acceptors (Lipinski definition) is 3. The molecule has 0 radical (unpaired) electrons. The molecule has 1 aliphatic carbocycles. The quantitative estimate of drug-likeness (QED) is 0.549. The average Bonchev–Trinajstić information content (AvgIpc) is 2.64. The third kappa shape index (κ3) is 3.34. The molecule has 1 aliphatic rings. The maximum Gasteiger partial charge on any atom is 0.198 e. The van der Waals surface area contributed by atoms with Gasteiger partial charge in [0.25, 0.3) is 0 Å². The molecule has 1 atom stereocenters. The van der Waals surface area contributed by atoms with E-state index in [2.05, 4.69) is 6.92 Å². The predicted octanol–water partition coefficient (Wildman–Crippen LogP) is 5.99. The number of benzene rings is 2. The minimum absolute atomic E-state index is 0.0268. The monoisotopic (exact) mass is 390 g/mol. The highest BCUT2D eigenvalue weighted by atomic mass is 32.1. The molecule has 1 heterocycles. The van der Waals surface area contributed by atoms with Crippen molar-refractivity contribution in [3.63, 3.8) is 0 Å². The summed E-state index contributed by atoms with van der Waals surface area (Å²) < 4.78 is 46.7. The van der Waals surface area contributed by atoms with Gasteiger partial charge in [-0.15, -0.1) is 11.3 Å². The van der Waals surface area contributed by atoms with Crippen LogP contribution in [-0.4, -0.2) is 0 Å². The molecule has 2 nitrogen and oxygen atoms in total. The van der Waals surface area contributed by atoms with Crippen LogP contribution in [0.1, 0.15) is 30.2 Å². The smallest absolute Gasteiger partial charge is 0.198 e. The molecule has 0 spiro atoms. The first-order valence-electron chi connectivity index (χ1n) is 8.87. The zero-order valence-corrected chi connectivity index (χ0v) is 15.5. The highest BCUT2D eigenvalue weighted by molar-refractivity contribution is 7.18. The van der Waals surface area contributed by atoms with Gasteiger partial charge in [0.2, 0.25) is 0 Å². The molecule has 3 aromatic rings. The number of halogens is 3. The molecule has 0 saturated carbocycles. The SMILES string of the molecule is CCC1CCc2c(sc3cc(Oc4c(F)cc(F)cc4F)ccc3c2=O)C1. The summed E-state index contributed by atoms with van der Waals surface area (Å²) in [7, 11) is 0. The van der Waals surface area contributed by atoms with Gasteiger partial charge in [0, 0.05) is 32.7 Å². The predicted molar refractivity (Wildman–Crippen MR) is 100 cm³/mol. The molecule has 1 unspecified atom stereocenters. The van der Waals surface area contributed by atoms with Gasteiger partial charge in [-0.3, -0.25) is 4.79 Å². The van der Waals surface area contributed by atoms with E-state index in [0.29, 0.717) is 23.4 Å². The lowest BCUT2D eigenvalue weighted by atomic mass is 9.87. The highest BCUT2D eigenvalue weighted by Crippen LogP contribution is 2.35. The summed E-state index contributed by atoms with van der Waals surface area (Å²) in [6.07, 6.45) is 3.78. The fraction of sp³-hybridized carbons (Fsp3) is 0.286. The van der Waals surface area contributed by atoms with Gasteiger partial charge in [-0.05, 0) is 43.4 Å². The van der Waals surface area contributed by atoms with Crippen LogP contribution < -0.4 is 10.2 Å². The van der Waals surface area contributed by atoms with Crippen molar-refractivity contribution in [2.24, 2.45) is 5.92 Å². The molecular weight excluding hydrogens is 373 g/mol. The summed E-state index contributed by atoms with van der Waals surface area (Å²) >= 11 is 1.53. The Balaban J connectivity index is 1.76. The van der Waals surface area contributed by atoms with Gasteiger partial charge in [-0.1, -0.05) is 13.3 Å². The minimum atomic E-state index is -1.11. The second-order valence-corrected chi connectivity index (χ2v) is 7.95. The Bertz CT molecular complexity index is 1070.